The Morgan fingerprint density at radius 2 is 1.89 bits per heavy atom. The van der Waals surface area contributed by atoms with E-state index < -0.39 is 0 Å². The largest absolute Gasteiger partial charge is 0.319 e. The molecule has 2 heterocycles. The van der Waals surface area contributed by atoms with E-state index in [1.54, 1.807) is 0 Å². The molecule has 90 valence electrons. The van der Waals surface area contributed by atoms with E-state index in [1.165, 1.54) is 5.56 Å². The van der Waals surface area contributed by atoms with Gasteiger partial charge < -0.3 is 10.1 Å². The molecular formula is C15H15N3. The maximum Gasteiger partial charge on any atom is 0.136 e. The highest BCUT2D eigenvalue weighted by atomic mass is 15.0. The number of benzene rings is 1. The molecule has 0 aliphatic carbocycles. The molecule has 0 bridgehead atoms. The quantitative estimate of drug-likeness (QED) is 0.744. The van der Waals surface area contributed by atoms with Gasteiger partial charge in [-0.3, -0.25) is 0 Å². The second-order valence-electron chi connectivity index (χ2n) is 4.51. The summed E-state index contributed by atoms with van der Waals surface area (Å²) >= 11 is 0. The zero-order chi connectivity index (χ0) is 12.5. The van der Waals surface area contributed by atoms with Gasteiger partial charge in [0.1, 0.15) is 5.65 Å². The monoisotopic (exact) mass is 237 g/mol. The van der Waals surface area contributed by atoms with E-state index in [4.69, 9.17) is 5.73 Å². The maximum absolute atomic E-state index is 6.32. The number of hydrogen-bond acceptors (Lipinski definition) is 2. The van der Waals surface area contributed by atoms with Crippen molar-refractivity contribution in [3.05, 3.63) is 71.7 Å². The molecule has 1 atom stereocenters. The van der Waals surface area contributed by atoms with Crippen LogP contribution in [0.2, 0.25) is 0 Å². The third-order valence-corrected chi connectivity index (χ3v) is 3.16. The minimum atomic E-state index is -0.150. The molecule has 0 fully saturated rings. The van der Waals surface area contributed by atoms with Crippen LogP contribution in [0.25, 0.3) is 5.65 Å². The second-order valence-corrected chi connectivity index (χ2v) is 4.51. The van der Waals surface area contributed by atoms with Gasteiger partial charge in [-0.05, 0) is 24.1 Å². The number of pyridine rings is 1. The Labute approximate surface area is 106 Å². The molecule has 18 heavy (non-hydrogen) atoms. The van der Waals surface area contributed by atoms with Gasteiger partial charge in [0.15, 0.2) is 0 Å². The molecule has 2 N–H and O–H groups in total. The Bertz CT molecular complexity index is 671. The first-order valence-electron chi connectivity index (χ1n) is 6.00. The lowest BCUT2D eigenvalue weighted by Crippen LogP contribution is -2.14. The van der Waals surface area contributed by atoms with Crippen molar-refractivity contribution >= 4 is 5.65 Å². The summed E-state index contributed by atoms with van der Waals surface area (Å²) in [7, 11) is 0. The first-order valence-corrected chi connectivity index (χ1v) is 6.00. The van der Waals surface area contributed by atoms with Crippen LogP contribution in [0.3, 0.4) is 0 Å². The van der Waals surface area contributed by atoms with E-state index in [0.29, 0.717) is 0 Å². The Morgan fingerprint density at radius 3 is 2.67 bits per heavy atom. The van der Waals surface area contributed by atoms with Crippen LogP contribution in [0.15, 0.2) is 54.9 Å². The number of rotatable bonds is 2. The molecule has 3 rings (SSSR count). The Kier molecular flexibility index (Phi) is 2.61. The zero-order valence-electron chi connectivity index (χ0n) is 10.2. The second kappa shape index (κ2) is 4.27. The molecule has 0 saturated carbocycles. The summed E-state index contributed by atoms with van der Waals surface area (Å²) in [5, 5.41) is 0. The molecule has 0 aliphatic rings. The van der Waals surface area contributed by atoms with Crippen molar-refractivity contribution in [2.45, 2.75) is 13.0 Å². The van der Waals surface area contributed by atoms with Crippen LogP contribution in [-0.4, -0.2) is 9.38 Å². The molecule has 1 unspecified atom stereocenters. The van der Waals surface area contributed by atoms with Crippen LogP contribution in [-0.2, 0) is 0 Å². The van der Waals surface area contributed by atoms with E-state index in [1.807, 2.05) is 42.6 Å². The number of aromatic nitrogens is 2. The molecule has 2 aromatic heterocycles. The Hall–Kier alpha value is -2.13. The van der Waals surface area contributed by atoms with Gasteiger partial charge in [-0.2, -0.15) is 0 Å². The Balaban J connectivity index is 2.12. The van der Waals surface area contributed by atoms with Gasteiger partial charge in [0, 0.05) is 6.20 Å². The SMILES string of the molecule is Cc1ccc2ncc(C(N)c3ccccc3)n2c1. The van der Waals surface area contributed by atoms with Crippen molar-refractivity contribution in [2.75, 3.05) is 0 Å². The van der Waals surface area contributed by atoms with Crippen molar-refractivity contribution in [1.29, 1.82) is 0 Å². The van der Waals surface area contributed by atoms with E-state index >= 15 is 0 Å². The molecular weight excluding hydrogens is 222 g/mol. The lowest BCUT2D eigenvalue weighted by molar-refractivity contribution is 0.813. The number of fused-ring (bicyclic) bond motifs is 1. The van der Waals surface area contributed by atoms with Gasteiger partial charge in [0.2, 0.25) is 0 Å². The first kappa shape index (κ1) is 11.0. The van der Waals surface area contributed by atoms with Crippen molar-refractivity contribution in [3.63, 3.8) is 0 Å². The van der Waals surface area contributed by atoms with E-state index in [9.17, 15) is 0 Å². The van der Waals surface area contributed by atoms with E-state index in [-0.39, 0.29) is 6.04 Å². The van der Waals surface area contributed by atoms with Crippen LogP contribution in [0.5, 0.6) is 0 Å². The maximum atomic E-state index is 6.32. The van der Waals surface area contributed by atoms with Crippen LogP contribution < -0.4 is 5.73 Å². The highest BCUT2D eigenvalue weighted by molar-refractivity contribution is 5.43. The summed E-state index contributed by atoms with van der Waals surface area (Å²) in [6.07, 6.45) is 3.92. The highest BCUT2D eigenvalue weighted by Gasteiger charge is 2.13. The van der Waals surface area contributed by atoms with Gasteiger partial charge in [0.05, 0.1) is 17.9 Å². The van der Waals surface area contributed by atoms with Crippen LogP contribution in [0.4, 0.5) is 0 Å². The molecule has 3 heteroatoms. The predicted molar refractivity (Wildman–Crippen MR) is 72.4 cm³/mol. The average molecular weight is 237 g/mol. The summed E-state index contributed by atoms with van der Waals surface area (Å²) in [4.78, 5) is 4.39. The number of aryl methyl sites for hydroxylation is 1. The first-order chi connectivity index (χ1) is 8.75. The third kappa shape index (κ3) is 1.79. The summed E-state index contributed by atoms with van der Waals surface area (Å²) in [6.45, 7) is 2.07. The predicted octanol–water partition coefficient (Wildman–Crippen LogP) is 2.69. The topological polar surface area (TPSA) is 43.3 Å². The fourth-order valence-corrected chi connectivity index (χ4v) is 2.17. The smallest absolute Gasteiger partial charge is 0.136 e. The number of hydrogen-bond donors (Lipinski definition) is 1. The molecule has 3 nitrogen and oxygen atoms in total. The van der Waals surface area contributed by atoms with Gasteiger partial charge in [-0.1, -0.05) is 36.4 Å². The van der Waals surface area contributed by atoms with Crippen LogP contribution in [0.1, 0.15) is 22.9 Å². The van der Waals surface area contributed by atoms with Gasteiger partial charge in [0.25, 0.3) is 0 Å². The average Bonchev–Trinajstić information content (AvgIpc) is 2.82. The molecule has 0 amide bonds. The molecule has 0 spiro atoms. The summed E-state index contributed by atoms with van der Waals surface area (Å²) in [6, 6.07) is 14.0. The van der Waals surface area contributed by atoms with Crippen LogP contribution >= 0.6 is 0 Å². The van der Waals surface area contributed by atoms with Crippen molar-refractivity contribution < 1.29 is 0 Å². The fraction of sp³-hybridized carbons (Fsp3) is 0.133. The lowest BCUT2D eigenvalue weighted by Gasteiger charge is -2.12. The summed E-state index contributed by atoms with van der Waals surface area (Å²) < 4.78 is 2.06. The van der Waals surface area contributed by atoms with Gasteiger partial charge >= 0.3 is 0 Å². The number of imidazole rings is 1. The fourth-order valence-electron chi connectivity index (χ4n) is 2.17. The van der Waals surface area contributed by atoms with Crippen molar-refractivity contribution in [1.82, 2.24) is 9.38 Å². The normalized spacial score (nSPS) is 12.8. The van der Waals surface area contributed by atoms with Crippen molar-refractivity contribution in [2.24, 2.45) is 5.73 Å². The molecule has 0 saturated heterocycles. The zero-order valence-corrected chi connectivity index (χ0v) is 10.2. The van der Waals surface area contributed by atoms with E-state index in [0.717, 1.165) is 16.9 Å². The molecule has 3 aromatic rings. The molecule has 1 aromatic carbocycles. The third-order valence-electron chi connectivity index (χ3n) is 3.16. The van der Waals surface area contributed by atoms with Gasteiger partial charge in [-0.15, -0.1) is 0 Å². The minimum Gasteiger partial charge on any atom is -0.319 e. The summed E-state index contributed by atoms with van der Waals surface area (Å²) in [5.41, 5.74) is 10.6. The summed E-state index contributed by atoms with van der Waals surface area (Å²) in [5.74, 6) is 0. The number of nitrogens with zero attached hydrogens (tertiary/aromatic N) is 2. The number of nitrogens with two attached hydrogens (primary N) is 1. The van der Waals surface area contributed by atoms with E-state index in [2.05, 4.69) is 28.6 Å². The lowest BCUT2D eigenvalue weighted by atomic mass is 10.1. The Morgan fingerprint density at radius 1 is 1.11 bits per heavy atom. The minimum absolute atomic E-state index is 0.150. The van der Waals surface area contributed by atoms with Crippen LogP contribution in [0, 0.1) is 6.92 Å². The van der Waals surface area contributed by atoms with Gasteiger partial charge in [-0.25, -0.2) is 4.98 Å². The standard InChI is InChI=1S/C15H15N3/c1-11-7-8-14-17-9-13(18(14)10-11)15(16)12-5-3-2-4-6-12/h2-10,15H,16H2,1H3. The highest BCUT2D eigenvalue weighted by Crippen LogP contribution is 2.20. The molecule has 0 radical (unpaired) electrons. The van der Waals surface area contributed by atoms with Crippen molar-refractivity contribution in [3.8, 4) is 0 Å². The molecule has 0 aliphatic heterocycles.